The molecular weight excluding hydrogens is 422 g/mol. The van der Waals surface area contributed by atoms with Crippen molar-refractivity contribution in [2.45, 2.75) is 0 Å². The van der Waals surface area contributed by atoms with Crippen LogP contribution in [0.15, 0.2) is 100 Å². The third-order valence-electron chi connectivity index (χ3n) is 4.96. The number of aromatic nitrogens is 1. The summed E-state index contributed by atoms with van der Waals surface area (Å²) in [5.74, 6) is 0.908. The number of ether oxygens (including phenoxy) is 1. The number of nitro groups is 1. The fraction of sp³-hybridized carbons (Fsp3) is 0. The Hall–Kier alpha value is -4.85. The third kappa shape index (κ3) is 4.17. The first-order valence-corrected chi connectivity index (χ1v) is 9.96. The zero-order valence-corrected chi connectivity index (χ0v) is 17.0. The molecule has 0 radical (unpaired) electrons. The van der Waals surface area contributed by atoms with E-state index < -0.39 is 10.8 Å². The number of rotatable bonds is 5. The second-order valence-electron chi connectivity index (χ2n) is 7.15. The van der Waals surface area contributed by atoms with E-state index in [1.165, 1.54) is 12.1 Å². The molecule has 3 aromatic carbocycles. The van der Waals surface area contributed by atoms with E-state index >= 15 is 0 Å². The van der Waals surface area contributed by atoms with Crippen LogP contribution in [0, 0.1) is 10.1 Å². The average molecular weight is 437 g/mol. The first-order chi connectivity index (χ1) is 16.1. The van der Waals surface area contributed by atoms with Crippen LogP contribution in [0.4, 0.5) is 5.69 Å². The van der Waals surface area contributed by atoms with Crippen molar-refractivity contribution in [2.75, 3.05) is 0 Å². The SMILES string of the molecule is O=C1N=C(c2ccccc2)OC1=Cc1ccc(-c2ncc(-c3ccc([N+](=O)[O-])cc3)o2)cc1. The molecule has 1 aromatic heterocycles. The Balaban J connectivity index is 1.31. The molecule has 0 saturated heterocycles. The van der Waals surface area contributed by atoms with Gasteiger partial charge in [0.05, 0.1) is 11.1 Å². The van der Waals surface area contributed by atoms with Gasteiger partial charge in [0.25, 0.3) is 5.69 Å². The minimum absolute atomic E-state index is 0.00853. The summed E-state index contributed by atoms with van der Waals surface area (Å²) in [4.78, 5) is 30.8. The molecule has 1 aliphatic rings. The molecule has 0 spiro atoms. The van der Waals surface area contributed by atoms with E-state index in [0.717, 1.165) is 16.7 Å². The van der Waals surface area contributed by atoms with Gasteiger partial charge in [-0.05, 0) is 48.0 Å². The van der Waals surface area contributed by atoms with Gasteiger partial charge in [-0.15, -0.1) is 0 Å². The van der Waals surface area contributed by atoms with Gasteiger partial charge in [-0.1, -0.05) is 30.3 Å². The molecule has 2 heterocycles. The van der Waals surface area contributed by atoms with Crippen molar-refractivity contribution in [3.05, 3.63) is 112 Å². The van der Waals surface area contributed by atoms with Crippen LogP contribution in [0.1, 0.15) is 11.1 Å². The van der Waals surface area contributed by atoms with Crippen LogP contribution in [-0.4, -0.2) is 21.7 Å². The predicted octanol–water partition coefficient (Wildman–Crippen LogP) is 5.26. The zero-order valence-electron chi connectivity index (χ0n) is 17.0. The van der Waals surface area contributed by atoms with Crippen molar-refractivity contribution in [2.24, 2.45) is 4.99 Å². The van der Waals surface area contributed by atoms with Crippen LogP contribution >= 0.6 is 0 Å². The van der Waals surface area contributed by atoms with Crippen molar-refractivity contribution < 1.29 is 18.9 Å². The molecule has 1 amide bonds. The summed E-state index contributed by atoms with van der Waals surface area (Å²) >= 11 is 0. The summed E-state index contributed by atoms with van der Waals surface area (Å²) in [5.41, 5.74) is 2.93. The predicted molar refractivity (Wildman–Crippen MR) is 121 cm³/mol. The van der Waals surface area contributed by atoms with Crippen molar-refractivity contribution in [3.63, 3.8) is 0 Å². The number of oxazole rings is 1. The summed E-state index contributed by atoms with van der Waals surface area (Å²) in [6.45, 7) is 0. The molecule has 8 nitrogen and oxygen atoms in total. The number of hydrogen-bond acceptors (Lipinski definition) is 6. The van der Waals surface area contributed by atoms with E-state index in [1.807, 2.05) is 54.6 Å². The lowest BCUT2D eigenvalue weighted by Gasteiger charge is -2.02. The van der Waals surface area contributed by atoms with Crippen LogP contribution in [-0.2, 0) is 9.53 Å². The third-order valence-corrected chi connectivity index (χ3v) is 4.96. The molecule has 33 heavy (non-hydrogen) atoms. The number of non-ortho nitro benzene ring substituents is 1. The molecular formula is C25H15N3O5. The summed E-state index contributed by atoms with van der Waals surface area (Å²) in [6, 6.07) is 22.5. The van der Waals surface area contributed by atoms with E-state index in [4.69, 9.17) is 9.15 Å². The van der Waals surface area contributed by atoms with E-state index in [-0.39, 0.29) is 17.3 Å². The van der Waals surface area contributed by atoms with Crippen LogP contribution in [0.2, 0.25) is 0 Å². The van der Waals surface area contributed by atoms with Gasteiger partial charge in [0.15, 0.2) is 11.5 Å². The molecule has 0 saturated carbocycles. The van der Waals surface area contributed by atoms with E-state index in [9.17, 15) is 14.9 Å². The minimum atomic E-state index is -0.453. The second kappa shape index (κ2) is 8.35. The highest BCUT2D eigenvalue weighted by Crippen LogP contribution is 2.28. The lowest BCUT2D eigenvalue weighted by atomic mass is 10.1. The van der Waals surface area contributed by atoms with Crippen LogP contribution in [0.25, 0.3) is 28.9 Å². The number of hydrogen-bond donors (Lipinski definition) is 0. The molecule has 160 valence electrons. The van der Waals surface area contributed by atoms with Gasteiger partial charge >= 0.3 is 5.91 Å². The Bertz CT molecular complexity index is 1400. The molecule has 8 heteroatoms. The van der Waals surface area contributed by atoms with Gasteiger partial charge in [0.2, 0.25) is 11.8 Å². The second-order valence-corrected chi connectivity index (χ2v) is 7.15. The quantitative estimate of drug-likeness (QED) is 0.239. The van der Waals surface area contributed by atoms with Crippen molar-refractivity contribution in [1.29, 1.82) is 0 Å². The van der Waals surface area contributed by atoms with Gasteiger partial charge in [0.1, 0.15) is 0 Å². The number of nitro benzene ring substituents is 1. The Morgan fingerprint density at radius 1 is 0.848 bits per heavy atom. The zero-order chi connectivity index (χ0) is 22.8. The number of carbonyl (C=O) groups is 1. The Kier molecular flexibility index (Phi) is 5.08. The van der Waals surface area contributed by atoms with Crippen LogP contribution < -0.4 is 0 Å². The molecule has 0 fully saturated rings. The number of aliphatic imine (C=N–C) groups is 1. The highest BCUT2D eigenvalue weighted by Gasteiger charge is 2.23. The summed E-state index contributed by atoms with van der Waals surface area (Å²) in [7, 11) is 0. The van der Waals surface area contributed by atoms with E-state index in [0.29, 0.717) is 17.2 Å². The van der Waals surface area contributed by atoms with Gasteiger partial charge < -0.3 is 9.15 Å². The molecule has 5 rings (SSSR count). The lowest BCUT2D eigenvalue weighted by Crippen LogP contribution is -1.99. The minimum Gasteiger partial charge on any atom is -0.436 e. The average Bonchev–Trinajstić information content (AvgIpc) is 3.48. The number of carbonyl (C=O) groups excluding carboxylic acids is 1. The molecule has 0 aliphatic carbocycles. The first-order valence-electron chi connectivity index (χ1n) is 9.96. The molecule has 0 atom stereocenters. The van der Waals surface area contributed by atoms with Crippen LogP contribution in [0.5, 0.6) is 0 Å². The number of benzene rings is 3. The molecule has 1 aliphatic heterocycles. The highest BCUT2D eigenvalue weighted by molar-refractivity contribution is 6.14. The lowest BCUT2D eigenvalue weighted by molar-refractivity contribution is -0.384. The fourth-order valence-electron chi connectivity index (χ4n) is 3.28. The topological polar surface area (TPSA) is 108 Å². The van der Waals surface area contributed by atoms with Gasteiger partial charge in [-0.3, -0.25) is 14.9 Å². The van der Waals surface area contributed by atoms with E-state index in [1.54, 1.807) is 24.4 Å². The van der Waals surface area contributed by atoms with Crippen molar-refractivity contribution in [1.82, 2.24) is 4.98 Å². The smallest absolute Gasteiger partial charge is 0.316 e. The van der Waals surface area contributed by atoms with Crippen molar-refractivity contribution in [3.8, 4) is 22.8 Å². The summed E-state index contributed by atoms with van der Waals surface area (Å²) in [5, 5.41) is 10.8. The largest absolute Gasteiger partial charge is 0.436 e. The van der Waals surface area contributed by atoms with Gasteiger partial charge in [0, 0.05) is 28.8 Å². The van der Waals surface area contributed by atoms with Gasteiger partial charge in [-0.25, -0.2) is 4.98 Å². The molecule has 0 unspecified atom stereocenters. The maximum Gasteiger partial charge on any atom is 0.316 e. The Labute approximate surface area is 187 Å². The highest BCUT2D eigenvalue weighted by atomic mass is 16.6. The molecule has 0 N–H and O–H groups in total. The molecule has 0 bridgehead atoms. The maximum absolute atomic E-state index is 12.2. The number of nitrogens with zero attached hydrogens (tertiary/aromatic N) is 3. The van der Waals surface area contributed by atoms with E-state index in [2.05, 4.69) is 9.98 Å². The summed E-state index contributed by atoms with van der Waals surface area (Å²) < 4.78 is 11.5. The normalized spacial score (nSPS) is 14.2. The van der Waals surface area contributed by atoms with Gasteiger partial charge in [-0.2, -0.15) is 4.99 Å². The monoisotopic (exact) mass is 437 g/mol. The number of amides is 1. The molecule has 4 aromatic rings. The maximum atomic E-state index is 12.2. The summed E-state index contributed by atoms with van der Waals surface area (Å²) in [6.07, 6.45) is 3.20. The Morgan fingerprint density at radius 2 is 1.55 bits per heavy atom. The Morgan fingerprint density at radius 3 is 2.24 bits per heavy atom. The standard InChI is InChI=1S/C25H15N3O5/c29-23-21(32-25(27-23)18-4-2-1-3-5-18)14-16-6-8-19(9-7-16)24-26-15-22(33-24)17-10-12-20(13-11-17)28(30)31/h1-15H. The van der Waals surface area contributed by atoms with Crippen molar-refractivity contribution >= 4 is 23.6 Å². The fourth-order valence-corrected chi connectivity index (χ4v) is 3.28. The first kappa shape index (κ1) is 20.1. The van der Waals surface area contributed by atoms with Crippen LogP contribution in [0.3, 0.4) is 0 Å².